The highest BCUT2D eigenvalue weighted by Crippen LogP contribution is 2.14. The van der Waals surface area contributed by atoms with Crippen molar-refractivity contribution < 1.29 is 14.0 Å². The Balaban J connectivity index is 2.05. The van der Waals surface area contributed by atoms with Crippen LogP contribution in [0.4, 0.5) is 0 Å². The summed E-state index contributed by atoms with van der Waals surface area (Å²) in [5, 5.41) is 4.51. The van der Waals surface area contributed by atoms with Crippen molar-refractivity contribution in [2.24, 2.45) is 0 Å². The minimum atomic E-state index is -0.278. The predicted octanol–water partition coefficient (Wildman–Crippen LogP) is 2.15. The average Bonchev–Trinajstić information content (AvgIpc) is 3.15. The Morgan fingerprint density at radius 3 is 2.86 bits per heavy atom. The van der Waals surface area contributed by atoms with Crippen LogP contribution in [-0.4, -0.2) is 34.8 Å². The van der Waals surface area contributed by atoms with Crippen LogP contribution in [-0.2, 0) is 6.54 Å². The number of nitrogens with one attached hydrogen (secondary N) is 1. The number of hydrogen-bond donors (Lipinski definition) is 1. The van der Waals surface area contributed by atoms with Gasteiger partial charge in [0.05, 0.1) is 11.4 Å². The van der Waals surface area contributed by atoms with E-state index in [0.717, 1.165) is 0 Å². The van der Waals surface area contributed by atoms with Crippen molar-refractivity contribution in [3.05, 3.63) is 40.2 Å². The van der Waals surface area contributed by atoms with Crippen molar-refractivity contribution in [2.45, 2.75) is 20.4 Å². The van der Waals surface area contributed by atoms with E-state index in [2.05, 4.69) is 10.3 Å². The molecule has 0 saturated carbocycles. The van der Waals surface area contributed by atoms with E-state index in [1.165, 1.54) is 17.6 Å². The van der Waals surface area contributed by atoms with Crippen LogP contribution < -0.4 is 5.32 Å². The van der Waals surface area contributed by atoms with E-state index < -0.39 is 0 Å². The zero-order valence-corrected chi connectivity index (χ0v) is 12.8. The summed E-state index contributed by atoms with van der Waals surface area (Å²) in [4.78, 5) is 30.3. The van der Waals surface area contributed by atoms with Gasteiger partial charge in [-0.1, -0.05) is 6.07 Å². The van der Waals surface area contributed by atoms with Gasteiger partial charge in [-0.25, -0.2) is 4.98 Å². The third-order valence-corrected chi connectivity index (χ3v) is 3.71. The molecule has 1 N–H and O–H groups in total. The smallest absolute Gasteiger partial charge is 0.273 e. The summed E-state index contributed by atoms with van der Waals surface area (Å²) in [5.41, 5.74) is 0.228. The lowest BCUT2D eigenvalue weighted by atomic mass is 10.3. The molecule has 0 spiro atoms. The second-order valence-electron chi connectivity index (χ2n) is 4.28. The summed E-state index contributed by atoms with van der Waals surface area (Å²) >= 11 is 1.40. The fraction of sp³-hybridized carbons (Fsp3) is 0.357. The number of oxazole rings is 1. The van der Waals surface area contributed by atoms with Gasteiger partial charge in [-0.2, -0.15) is 0 Å². The molecule has 21 heavy (non-hydrogen) atoms. The van der Waals surface area contributed by atoms with E-state index in [1.807, 2.05) is 25.3 Å². The molecule has 2 rings (SSSR count). The molecule has 0 atom stereocenters. The zero-order chi connectivity index (χ0) is 15.2. The first-order valence-corrected chi connectivity index (χ1v) is 7.59. The van der Waals surface area contributed by atoms with Crippen LogP contribution in [0.2, 0.25) is 0 Å². The van der Waals surface area contributed by atoms with Crippen LogP contribution in [0.5, 0.6) is 0 Å². The molecule has 2 amide bonds. The van der Waals surface area contributed by atoms with Crippen LogP contribution in [0.1, 0.15) is 39.9 Å². The van der Waals surface area contributed by atoms with Crippen molar-refractivity contribution in [1.82, 2.24) is 15.2 Å². The summed E-state index contributed by atoms with van der Waals surface area (Å²) < 4.78 is 5.27. The molecule has 0 radical (unpaired) electrons. The molecule has 112 valence electrons. The first-order valence-electron chi connectivity index (χ1n) is 6.71. The fourth-order valence-corrected chi connectivity index (χ4v) is 2.48. The Kier molecular flexibility index (Phi) is 5.10. The lowest BCUT2D eigenvalue weighted by Gasteiger charge is -2.17. The highest BCUT2D eigenvalue weighted by Gasteiger charge is 2.19. The quantitative estimate of drug-likeness (QED) is 0.887. The first-order chi connectivity index (χ1) is 10.2. The van der Waals surface area contributed by atoms with Crippen molar-refractivity contribution in [3.8, 4) is 0 Å². The van der Waals surface area contributed by atoms with Gasteiger partial charge in [-0.3, -0.25) is 9.59 Å². The number of carbonyl (C=O) groups is 2. The van der Waals surface area contributed by atoms with Gasteiger partial charge in [0.2, 0.25) is 5.89 Å². The SMILES string of the molecule is CCNC(=O)c1coc(CN(CC)C(=O)c2cccs2)n1. The Bertz CT molecular complexity index is 607. The lowest BCUT2D eigenvalue weighted by molar-refractivity contribution is 0.0743. The predicted molar refractivity (Wildman–Crippen MR) is 79.2 cm³/mol. The minimum absolute atomic E-state index is 0.0646. The number of aromatic nitrogens is 1. The molecule has 2 heterocycles. The highest BCUT2D eigenvalue weighted by molar-refractivity contribution is 7.12. The summed E-state index contributed by atoms with van der Waals surface area (Å²) in [7, 11) is 0. The zero-order valence-electron chi connectivity index (χ0n) is 12.0. The van der Waals surface area contributed by atoms with Gasteiger partial charge in [0.1, 0.15) is 6.26 Å². The van der Waals surface area contributed by atoms with Crippen LogP contribution in [0.25, 0.3) is 0 Å². The molecule has 0 aliphatic rings. The Morgan fingerprint density at radius 1 is 1.43 bits per heavy atom. The maximum Gasteiger partial charge on any atom is 0.273 e. The van der Waals surface area contributed by atoms with Crippen molar-refractivity contribution in [3.63, 3.8) is 0 Å². The first kappa shape index (κ1) is 15.2. The number of rotatable bonds is 6. The number of amides is 2. The Labute approximate surface area is 126 Å². The molecule has 0 fully saturated rings. The van der Waals surface area contributed by atoms with Crippen LogP contribution in [0.3, 0.4) is 0 Å². The summed E-state index contributed by atoms with van der Waals surface area (Å²) in [6, 6.07) is 3.62. The second kappa shape index (κ2) is 7.03. The minimum Gasteiger partial charge on any atom is -0.446 e. The second-order valence-corrected chi connectivity index (χ2v) is 5.23. The van der Waals surface area contributed by atoms with E-state index in [-0.39, 0.29) is 24.1 Å². The van der Waals surface area contributed by atoms with Crippen LogP contribution >= 0.6 is 11.3 Å². The molecule has 2 aromatic rings. The van der Waals surface area contributed by atoms with Crippen LogP contribution in [0, 0.1) is 0 Å². The molecule has 0 aliphatic carbocycles. The third kappa shape index (κ3) is 3.69. The molecule has 0 aromatic carbocycles. The molecule has 6 nitrogen and oxygen atoms in total. The van der Waals surface area contributed by atoms with Crippen LogP contribution in [0.15, 0.2) is 28.2 Å². The summed E-state index contributed by atoms with van der Waals surface area (Å²) in [6.07, 6.45) is 1.31. The highest BCUT2D eigenvalue weighted by atomic mass is 32.1. The molecule has 0 aliphatic heterocycles. The van der Waals surface area contributed by atoms with Gasteiger partial charge in [0.25, 0.3) is 11.8 Å². The van der Waals surface area contributed by atoms with E-state index in [4.69, 9.17) is 4.42 Å². The van der Waals surface area contributed by atoms with E-state index in [1.54, 1.807) is 11.0 Å². The number of carbonyl (C=O) groups excluding carboxylic acids is 2. The maximum atomic E-state index is 12.3. The average molecular weight is 307 g/mol. The van der Waals surface area contributed by atoms with E-state index >= 15 is 0 Å². The molecule has 0 unspecified atom stereocenters. The van der Waals surface area contributed by atoms with Crippen molar-refractivity contribution in [2.75, 3.05) is 13.1 Å². The number of hydrogen-bond acceptors (Lipinski definition) is 5. The summed E-state index contributed by atoms with van der Waals surface area (Å²) in [5.74, 6) is 0.00778. The lowest BCUT2D eigenvalue weighted by Crippen LogP contribution is -2.30. The number of thiophene rings is 1. The molecule has 0 saturated heterocycles. The fourth-order valence-electron chi connectivity index (χ4n) is 1.79. The molecule has 0 bridgehead atoms. The maximum absolute atomic E-state index is 12.3. The largest absolute Gasteiger partial charge is 0.446 e. The van der Waals surface area contributed by atoms with Gasteiger partial charge in [0.15, 0.2) is 5.69 Å². The standard InChI is InChI=1S/C14H17N3O3S/c1-3-15-13(18)10-9-20-12(16-10)8-17(4-2)14(19)11-6-5-7-21-11/h5-7,9H,3-4,8H2,1-2H3,(H,15,18). The van der Waals surface area contributed by atoms with E-state index in [9.17, 15) is 9.59 Å². The van der Waals surface area contributed by atoms with Crippen molar-refractivity contribution >= 4 is 23.2 Å². The molecular weight excluding hydrogens is 290 g/mol. The molecular formula is C14H17N3O3S. The molecule has 2 aromatic heterocycles. The van der Waals surface area contributed by atoms with Gasteiger partial charge in [0, 0.05) is 13.1 Å². The summed E-state index contributed by atoms with van der Waals surface area (Å²) in [6.45, 7) is 5.03. The van der Waals surface area contributed by atoms with Gasteiger partial charge in [-0.05, 0) is 25.3 Å². The normalized spacial score (nSPS) is 10.4. The monoisotopic (exact) mass is 307 g/mol. The van der Waals surface area contributed by atoms with Gasteiger partial charge < -0.3 is 14.6 Å². The Morgan fingerprint density at radius 2 is 2.24 bits per heavy atom. The van der Waals surface area contributed by atoms with E-state index in [0.29, 0.717) is 23.9 Å². The number of nitrogens with zero attached hydrogens (tertiary/aromatic N) is 2. The van der Waals surface area contributed by atoms with Gasteiger partial charge in [-0.15, -0.1) is 11.3 Å². The van der Waals surface area contributed by atoms with Gasteiger partial charge >= 0.3 is 0 Å². The topological polar surface area (TPSA) is 75.4 Å². The third-order valence-electron chi connectivity index (χ3n) is 2.85. The Hall–Kier alpha value is -2.15. The van der Waals surface area contributed by atoms with Crippen molar-refractivity contribution in [1.29, 1.82) is 0 Å². The molecule has 7 heteroatoms.